The van der Waals surface area contributed by atoms with Gasteiger partial charge in [0.05, 0.1) is 17.4 Å². The van der Waals surface area contributed by atoms with Gasteiger partial charge >= 0.3 is 0 Å². The zero-order valence-electron chi connectivity index (χ0n) is 21.0. The first-order valence-corrected chi connectivity index (χ1v) is 12.5. The van der Waals surface area contributed by atoms with Crippen LogP contribution in [-0.4, -0.2) is 60.0 Å². The van der Waals surface area contributed by atoms with Crippen molar-refractivity contribution in [1.29, 1.82) is 0 Å². The van der Waals surface area contributed by atoms with E-state index in [0.717, 1.165) is 18.4 Å². The van der Waals surface area contributed by atoms with Gasteiger partial charge in [0.15, 0.2) is 5.54 Å². The molecule has 2 amide bonds. The molecule has 37 heavy (non-hydrogen) atoms. The number of hydrogen-bond acceptors (Lipinski definition) is 6. The van der Waals surface area contributed by atoms with Crippen LogP contribution in [0.15, 0.2) is 60.7 Å². The Hall–Kier alpha value is -3.91. The second kappa shape index (κ2) is 9.52. The Kier molecular flexibility index (Phi) is 6.37. The lowest BCUT2D eigenvalue weighted by atomic mass is 9.81. The van der Waals surface area contributed by atoms with E-state index in [1.807, 2.05) is 19.9 Å². The van der Waals surface area contributed by atoms with Crippen LogP contribution in [0, 0.1) is 6.92 Å². The second-order valence-corrected chi connectivity index (χ2v) is 9.46. The third-order valence-electron chi connectivity index (χ3n) is 7.34. The molecule has 0 aliphatic carbocycles. The molecule has 0 saturated carbocycles. The number of Topliss-reactive ketones (excluding diaryl/α,β-unsaturated/α-hetero) is 1. The Morgan fingerprint density at radius 3 is 2.70 bits per heavy atom. The van der Waals surface area contributed by atoms with Crippen molar-refractivity contribution >= 4 is 29.0 Å². The van der Waals surface area contributed by atoms with Gasteiger partial charge in [-0.05, 0) is 56.5 Å². The number of carbonyl (C=O) groups is 3. The lowest BCUT2D eigenvalue weighted by molar-refractivity contribution is -0.145. The number of anilines is 1. The van der Waals surface area contributed by atoms with Crippen LogP contribution in [0.2, 0.25) is 0 Å². The highest BCUT2D eigenvalue weighted by Gasteiger charge is 2.67. The van der Waals surface area contributed by atoms with Crippen LogP contribution in [0.4, 0.5) is 5.69 Å². The van der Waals surface area contributed by atoms with E-state index in [1.165, 1.54) is 4.90 Å². The van der Waals surface area contributed by atoms with Crippen molar-refractivity contribution in [2.75, 3.05) is 31.2 Å². The smallest absolute Gasteiger partial charge is 0.296 e. The number of ketones is 1. The summed E-state index contributed by atoms with van der Waals surface area (Å²) in [7, 11) is 0. The fourth-order valence-electron chi connectivity index (χ4n) is 5.67. The third-order valence-corrected chi connectivity index (χ3v) is 7.34. The second-order valence-electron chi connectivity index (χ2n) is 9.46. The van der Waals surface area contributed by atoms with Crippen LogP contribution in [0.5, 0.6) is 5.75 Å². The summed E-state index contributed by atoms with van der Waals surface area (Å²) in [6.45, 7) is 8.61. The summed E-state index contributed by atoms with van der Waals surface area (Å²) in [6.07, 6.45) is 2.89. The van der Waals surface area contributed by atoms with Crippen molar-refractivity contribution in [2.24, 2.45) is 0 Å². The van der Waals surface area contributed by atoms with Crippen molar-refractivity contribution in [3.05, 3.63) is 77.4 Å². The molecule has 0 aromatic heterocycles. The maximum atomic E-state index is 14.2. The van der Waals surface area contributed by atoms with Crippen LogP contribution < -0.4 is 9.64 Å². The first-order valence-electron chi connectivity index (χ1n) is 12.5. The minimum atomic E-state index is -1.78. The molecule has 2 unspecified atom stereocenters. The van der Waals surface area contributed by atoms with E-state index in [0.29, 0.717) is 42.3 Å². The normalized spacial score (nSPS) is 24.3. The van der Waals surface area contributed by atoms with Crippen molar-refractivity contribution < 1.29 is 29.0 Å². The number of para-hydroxylation sites is 1. The highest BCUT2D eigenvalue weighted by atomic mass is 16.5. The average Bonchev–Trinajstić information content (AvgIpc) is 3.56. The number of benzene rings is 2. The molecule has 5 rings (SSSR count). The van der Waals surface area contributed by atoms with Gasteiger partial charge in [-0.2, -0.15) is 0 Å². The SMILES string of the molecule is C=CCOc1ccc(/C(O)=C2\C(=O)C(=O)N(CC3CCCO3)C23C(=O)N(CC)c2ccccc23)cc1C. The number of hydrogen-bond donors (Lipinski definition) is 1. The molecule has 2 atom stereocenters. The van der Waals surface area contributed by atoms with E-state index in [2.05, 4.69) is 6.58 Å². The number of carbonyl (C=O) groups excluding carboxylic acids is 3. The van der Waals surface area contributed by atoms with Crippen LogP contribution >= 0.6 is 0 Å². The Labute approximate surface area is 215 Å². The zero-order chi connectivity index (χ0) is 26.3. The van der Waals surface area contributed by atoms with Gasteiger partial charge in [-0.1, -0.05) is 30.9 Å². The molecule has 2 aromatic carbocycles. The summed E-state index contributed by atoms with van der Waals surface area (Å²) in [4.78, 5) is 44.3. The van der Waals surface area contributed by atoms with E-state index >= 15 is 0 Å². The van der Waals surface area contributed by atoms with Crippen molar-refractivity contribution in [1.82, 2.24) is 4.90 Å². The van der Waals surface area contributed by atoms with Crippen molar-refractivity contribution in [3.8, 4) is 5.75 Å². The summed E-state index contributed by atoms with van der Waals surface area (Å²) in [5, 5.41) is 11.6. The number of likely N-dealkylation sites (tertiary alicyclic amines) is 1. The van der Waals surface area contributed by atoms with Gasteiger partial charge < -0.3 is 24.4 Å². The zero-order valence-corrected chi connectivity index (χ0v) is 21.0. The highest BCUT2D eigenvalue weighted by molar-refractivity contribution is 6.50. The predicted molar refractivity (Wildman–Crippen MR) is 138 cm³/mol. The van der Waals surface area contributed by atoms with Gasteiger partial charge in [-0.3, -0.25) is 14.4 Å². The predicted octanol–water partition coefficient (Wildman–Crippen LogP) is 3.68. The quantitative estimate of drug-likeness (QED) is 0.269. The van der Waals surface area contributed by atoms with E-state index in [-0.39, 0.29) is 18.2 Å². The molecule has 3 heterocycles. The van der Waals surface area contributed by atoms with Gasteiger partial charge in [0.1, 0.15) is 18.1 Å². The summed E-state index contributed by atoms with van der Waals surface area (Å²) >= 11 is 0. The van der Waals surface area contributed by atoms with Crippen molar-refractivity contribution in [3.63, 3.8) is 0 Å². The number of rotatable bonds is 7. The average molecular weight is 503 g/mol. The lowest BCUT2D eigenvalue weighted by Crippen LogP contribution is -2.53. The van der Waals surface area contributed by atoms with E-state index in [1.54, 1.807) is 47.4 Å². The van der Waals surface area contributed by atoms with Crippen LogP contribution in [0.1, 0.15) is 36.5 Å². The van der Waals surface area contributed by atoms with Gasteiger partial charge in [-0.15, -0.1) is 0 Å². The fourth-order valence-corrected chi connectivity index (χ4v) is 5.67. The number of likely N-dealkylation sites (N-methyl/N-ethyl adjacent to an activating group) is 1. The minimum Gasteiger partial charge on any atom is -0.507 e. The molecular weight excluding hydrogens is 472 g/mol. The van der Waals surface area contributed by atoms with Crippen LogP contribution in [0.25, 0.3) is 5.76 Å². The molecule has 1 spiro atoms. The molecule has 8 heteroatoms. The summed E-state index contributed by atoms with van der Waals surface area (Å²) in [6, 6.07) is 12.1. The van der Waals surface area contributed by atoms with Crippen molar-refractivity contribution in [2.45, 2.75) is 38.3 Å². The number of nitrogens with zero attached hydrogens (tertiary/aromatic N) is 2. The maximum Gasteiger partial charge on any atom is 0.296 e. The molecule has 192 valence electrons. The number of aliphatic hydroxyl groups excluding tert-OH is 1. The summed E-state index contributed by atoms with van der Waals surface area (Å²) in [5.74, 6) is -1.93. The van der Waals surface area contributed by atoms with Gasteiger partial charge in [0, 0.05) is 30.8 Å². The fraction of sp³-hybridized carbons (Fsp3) is 0.345. The Bertz CT molecular complexity index is 1330. The molecule has 3 aliphatic heterocycles. The number of fused-ring (bicyclic) bond motifs is 2. The van der Waals surface area contributed by atoms with Gasteiger partial charge in [0.25, 0.3) is 17.6 Å². The Morgan fingerprint density at radius 2 is 2.03 bits per heavy atom. The van der Waals surface area contributed by atoms with E-state index < -0.39 is 28.9 Å². The standard InChI is InChI=1S/C29H30N2O6/c1-4-14-37-23-13-12-19(16-18(23)3)25(32)24-26(33)27(34)31(17-20-9-8-15-36-20)29(24)21-10-6-7-11-22(21)30(5-2)28(29)35/h4,6-7,10-13,16,20,32H,1,5,8-9,14-15,17H2,2-3H3/b25-24-. The first-order chi connectivity index (χ1) is 17.9. The maximum absolute atomic E-state index is 14.2. The Morgan fingerprint density at radius 1 is 1.24 bits per heavy atom. The van der Waals surface area contributed by atoms with Crippen LogP contribution in [-0.2, 0) is 24.7 Å². The molecule has 8 nitrogen and oxygen atoms in total. The van der Waals surface area contributed by atoms with E-state index in [9.17, 15) is 19.5 Å². The Balaban J connectivity index is 1.73. The number of ether oxygens (including phenoxy) is 2. The highest BCUT2D eigenvalue weighted by Crippen LogP contribution is 2.53. The molecule has 2 saturated heterocycles. The lowest BCUT2D eigenvalue weighted by Gasteiger charge is -2.35. The molecule has 2 fully saturated rings. The van der Waals surface area contributed by atoms with E-state index in [4.69, 9.17) is 9.47 Å². The summed E-state index contributed by atoms with van der Waals surface area (Å²) in [5.41, 5.74) is 0.166. The summed E-state index contributed by atoms with van der Waals surface area (Å²) < 4.78 is 11.4. The van der Waals surface area contributed by atoms with Gasteiger partial charge in [-0.25, -0.2) is 0 Å². The van der Waals surface area contributed by atoms with Gasteiger partial charge in [0.2, 0.25) is 0 Å². The topological polar surface area (TPSA) is 96.4 Å². The molecule has 0 bridgehead atoms. The monoisotopic (exact) mass is 502 g/mol. The number of aliphatic hydroxyl groups is 1. The largest absolute Gasteiger partial charge is 0.507 e. The molecule has 0 radical (unpaired) electrons. The molecule has 2 aromatic rings. The third kappa shape index (κ3) is 3.66. The molecule has 1 N–H and O–H groups in total. The first kappa shape index (κ1) is 24.8. The minimum absolute atomic E-state index is 0.0757. The number of amides is 2. The number of aryl methyl sites for hydroxylation is 1. The van der Waals surface area contributed by atoms with Crippen LogP contribution in [0.3, 0.4) is 0 Å². The molecular formula is C29H30N2O6. The molecule has 3 aliphatic rings.